The van der Waals surface area contributed by atoms with Crippen molar-refractivity contribution in [3.8, 4) is 0 Å². The number of rotatable bonds is 3. The van der Waals surface area contributed by atoms with Crippen molar-refractivity contribution in [1.29, 1.82) is 0 Å². The standard InChI is InChI=1S/C12H20N2O2/c1-3-14-9-8-13-11(14)12(15)6-4-10(16-2)5-7-12/h8-10,15H,3-7H2,1-2H3. The van der Waals surface area contributed by atoms with Crippen LogP contribution in [0.3, 0.4) is 0 Å². The summed E-state index contributed by atoms with van der Waals surface area (Å²) in [6.07, 6.45) is 7.28. The van der Waals surface area contributed by atoms with Crippen molar-refractivity contribution in [3.63, 3.8) is 0 Å². The molecule has 0 saturated heterocycles. The van der Waals surface area contributed by atoms with Gasteiger partial charge in [0.1, 0.15) is 11.4 Å². The van der Waals surface area contributed by atoms with E-state index < -0.39 is 5.60 Å². The smallest absolute Gasteiger partial charge is 0.140 e. The first-order chi connectivity index (χ1) is 7.69. The van der Waals surface area contributed by atoms with Crippen LogP contribution in [0.5, 0.6) is 0 Å². The van der Waals surface area contributed by atoms with E-state index in [2.05, 4.69) is 11.9 Å². The Morgan fingerprint density at radius 2 is 2.25 bits per heavy atom. The van der Waals surface area contributed by atoms with Crippen LogP contribution in [-0.2, 0) is 16.9 Å². The van der Waals surface area contributed by atoms with E-state index in [1.807, 2.05) is 10.8 Å². The quantitative estimate of drug-likeness (QED) is 0.849. The van der Waals surface area contributed by atoms with Gasteiger partial charge in [0.25, 0.3) is 0 Å². The Bertz CT molecular complexity index is 341. The Morgan fingerprint density at radius 3 is 2.81 bits per heavy atom. The van der Waals surface area contributed by atoms with E-state index in [1.165, 1.54) is 0 Å². The molecule has 1 heterocycles. The molecule has 1 saturated carbocycles. The molecule has 4 heteroatoms. The first-order valence-corrected chi connectivity index (χ1v) is 5.96. The molecule has 1 aromatic rings. The number of aryl methyl sites for hydroxylation is 1. The van der Waals surface area contributed by atoms with Gasteiger partial charge in [-0.3, -0.25) is 0 Å². The fraction of sp³-hybridized carbons (Fsp3) is 0.750. The van der Waals surface area contributed by atoms with Gasteiger partial charge in [-0.15, -0.1) is 0 Å². The number of aliphatic hydroxyl groups is 1. The molecule has 0 amide bonds. The maximum atomic E-state index is 10.6. The number of ether oxygens (including phenoxy) is 1. The Balaban J connectivity index is 2.14. The molecule has 1 aliphatic rings. The summed E-state index contributed by atoms with van der Waals surface area (Å²) in [7, 11) is 1.74. The molecule has 0 aliphatic heterocycles. The molecule has 0 unspecified atom stereocenters. The molecule has 0 spiro atoms. The Labute approximate surface area is 96.3 Å². The molecular formula is C12H20N2O2. The fourth-order valence-electron chi connectivity index (χ4n) is 2.50. The van der Waals surface area contributed by atoms with Crippen LogP contribution in [0.4, 0.5) is 0 Å². The number of nitrogens with zero attached hydrogens (tertiary/aromatic N) is 2. The van der Waals surface area contributed by atoms with Crippen LogP contribution in [0.15, 0.2) is 12.4 Å². The monoisotopic (exact) mass is 224 g/mol. The first kappa shape index (κ1) is 11.6. The molecular weight excluding hydrogens is 204 g/mol. The van der Waals surface area contributed by atoms with Crippen LogP contribution in [-0.4, -0.2) is 27.9 Å². The van der Waals surface area contributed by atoms with E-state index in [0.29, 0.717) is 6.10 Å². The second-order valence-electron chi connectivity index (χ2n) is 4.50. The minimum absolute atomic E-state index is 0.297. The van der Waals surface area contributed by atoms with E-state index in [1.54, 1.807) is 13.3 Å². The first-order valence-electron chi connectivity index (χ1n) is 5.96. The van der Waals surface area contributed by atoms with Gasteiger partial charge in [-0.1, -0.05) is 0 Å². The predicted molar refractivity (Wildman–Crippen MR) is 61.1 cm³/mol. The molecule has 1 fully saturated rings. The van der Waals surface area contributed by atoms with Crippen molar-refractivity contribution in [3.05, 3.63) is 18.2 Å². The maximum Gasteiger partial charge on any atom is 0.140 e. The molecule has 1 aromatic heterocycles. The third kappa shape index (κ3) is 1.99. The summed E-state index contributed by atoms with van der Waals surface area (Å²) in [5, 5.41) is 10.6. The summed E-state index contributed by atoms with van der Waals surface area (Å²) in [5.41, 5.74) is -0.755. The molecule has 16 heavy (non-hydrogen) atoms. The average molecular weight is 224 g/mol. The molecule has 1 N–H and O–H groups in total. The van der Waals surface area contributed by atoms with E-state index in [4.69, 9.17) is 4.74 Å². The van der Waals surface area contributed by atoms with Gasteiger partial charge in [0, 0.05) is 26.0 Å². The molecule has 0 bridgehead atoms. The van der Waals surface area contributed by atoms with Gasteiger partial charge >= 0.3 is 0 Å². The zero-order chi connectivity index (χ0) is 11.6. The SMILES string of the molecule is CCn1ccnc1C1(O)CCC(OC)CC1. The normalized spacial score (nSPS) is 30.6. The van der Waals surface area contributed by atoms with Crippen LogP contribution < -0.4 is 0 Å². The van der Waals surface area contributed by atoms with Crippen LogP contribution in [0.1, 0.15) is 38.4 Å². The lowest BCUT2D eigenvalue weighted by atomic mass is 9.82. The number of methoxy groups -OCH3 is 1. The molecule has 2 rings (SSSR count). The lowest BCUT2D eigenvalue weighted by molar-refractivity contribution is -0.0548. The highest BCUT2D eigenvalue weighted by Gasteiger charge is 2.37. The summed E-state index contributed by atoms with van der Waals surface area (Å²) >= 11 is 0. The number of imidazole rings is 1. The molecule has 90 valence electrons. The Hall–Kier alpha value is -0.870. The Kier molecular flexibility index (Phi) is 3.30. The second kappa shape index (κ2) is 4.55. The molecule has 0 radical (unpaired) electrons. The van der Waals surface area contributed by atoms with Gasteiger partial charge in [-0.05, 0) is 32.6 Å². The highest BCUT2D eigenvalue weighted by atomic mass is 16.5. The zero-order valence-electron chi connectivity index (χ0n) is 10.0. The minimum Gasteiger partial charge on any atom is -0.382 e. The lowest BCUT2D eigenvalue weighted by Gasteiger charge is -2.35. The van der Waals surface area contributed by atoms with Crippen LogP contribution in [0.2, 0.25) is 0 Å². The highest BCUT2D eigenvalue weighted by Crippen LogP contribution is 2.36. The largest absolute Gasteiger partial charge is 0.382 e. The molecule has 0 atom stereocenters. The summed E-state index contributed by atoms with van der Waals surface area (Å²) in [5.74, 6) is 0.810. The van der Waals surface area contributed by atoms with Gasteiger partial charge in [-0.2, -0.15) is 0 Å². The van der Waals surface area contributed by atoms with E-state index in [9.17, 15) is 5.11 Å². The van der Waals surface area contributed by atoms with Crippen molar-refractivity contribution >= 4 is 0 Å². The highest BCUT2D eigenvalue weighted by molar-refractivity contribution is 5.07. The third-order valence-corrected chi connectivity index (χ3v) is 3.57. The van der Waals surface area contributed by atoms with Crippen molar-refractivity contribution in [2.75, 3.05) is 7.11 Å². The van der Waals surface area contributed by atoms with Gasteiger partial charge < -0.3 is 14.4 Å². The van der Waals surface area contributed by atoms with Crippen LogP contribution in [0, 0.1) is 0 Å². The molecule has 0 aromatic carbocycles. The summed E-state index contributed by atoms with van der Waals surface area (Å²) in [4.78, 5) is 4.31. The molecule has 1 aliphatic carbocycles. The third-order valence-electron chi connectivity index (χ3n) is 3.57. The average Bonchev–Trinajstić information content (AvgIpc) is 2.79. The fourth-order valence-corrected chi connectivity index (χ4v) is 2.50. The van der Waals surface area contributed by atoms with Gasteiger partial charge in [0.05, 0.1) is 6.10 Å². The van der Waals surface area contributed by atoms with Crippen LogP contribution >= 0.6 is 0 Å². The van der Waals surface area contributed by atoms with Crippen LogP contribution in [0.25, 0.3) is 0 Å². The summed E-state index contributed by atoms with van der Waals surface area (Å²) in [6.45, 7) is 2.92. The maximum absolute atomic E-state index is 10.6. The van der Waals surface area contributed by atoms with Crippen molar-refractivity contribution in [2.24, 2.45) is 0 Å². The number of hydrogen-bond acceptors (Lipinski definition) is 3. The minimum atomic E-state index is -0.755. The second-order valence-corrected chi connectivity index (χ2v) is 4.50. The topological polar surface area (TPSA) is 47.3 Å². The van der Waals surface area contributed by atoms with Gasteiger partial charge in [0.2, 0.25) is 0 Å². The zero-order valence-corrected chi connectivity index (χ0v) is 10.0. The van der Waals surface area contributed by atoms with Crippen molar-refractivity contribution in [1.82, 2.24) is 9.55 Å². The predicted octanol–water partition coefficient (Wildman–Crippen LogP) is 1.68. The number of aromatic nitrogens is 2. The molecule has 4 nitrogen and oxygen atoms in total. The van der Waals surface area contributed by atoms with Gasteiger partial charge in [-0.25, -0.2) is 4.98 Å². The van der Waals surface area contributed by atoms with E-state index in [0.717, 1.165) is 38.1 Å². The van der Waals surface area contributed by atoms with Crippen molar-refractivity contribution in [2.45, 2.75) is 50.9 Å². The summed E-state index contributed by atoms with van der Waals surface area (Å²) < 4.78 is 7.34. The Morgan fingerprint density at radius 1 is 1.56 bits per heavy atom. The number of hydrogen-bond donors (Lipinski definition) is 1. The van der Waals surface area contributed by atoms with E-state index >= 15 is 0 Å². The van der Waals surface area contributed by atoms with E-state index in [-0.39, 0.29) is 0 Å². The summed E-state index contributed by atoms with van der Waals surface area (Å²) in [6, 6.07) is 0. The van der Waals surface area contributed by atoms with Crippen molar-refractivity contribution < 1.29 is 9.84 Å². The van der Waals surface area contributed by atoms with Gasteiger partial charge in [0.15, 0.2) is 0 Å². The lowest BCUT2D eigenvalue weighted by Crippen LogP contribution is -2.36.